The van der Waals surface area contributed by atoms with Gasteiger partial charge in [-0.25, -0.2) is 22.9 Å². The van der Waals surface area contributed by atoms with Gasteiger partial charge in [-0.15, -0.1) is 0 Å². The Kier molecular flexibility index (Phi) is 3.82. The van der Waals surface area contributed by atoms with Gasteiger partial charge in [-0.2, -0.15) is 5.10 Å². The van der Waals surface area contributed by atoms with Crippen molar-refractivity contribution in [2.75, 3.05) is 11.5 Å². The maximum absolute atomic E-state index is 13.3. The summed E-state index contributed by atoms with van der Waals surface area (Å²) >= 11 is 0. The summed E-state index contributed by atoms with van der Waals surface area (Å²) in [6.07, 6.45) is 6.50. The van der Waals surface area contributed by atoms with Crippen LogP contribution in [0.25, 0.3) is 16.9 Å². The summed E-state index contributed by atoms with van der Waals surface area (Å²) < 4.78 is 28.1. The van der Waals surface area contributed by atoms with E-state index in [-0.39, 0.29) is 21.9 Å². The number of aromatic nitrogens is 4. The van der Waals surface area contributed by atoms with Gasteiger partial charge in [0.15, 0.2) is 21.3 Å². The van der Waals surface area contributed by atoms with Gasteiger partial charge >= 0.3 is 0 Å². The molecule has 3 aromatic rings. The zero-order chi connectivity index (χ0) is 20.4. The van der Waals surface area contributed by atoms with Gasteiger partial charge in [0.2, 0.25) is 0 Å². The molecule has 8 nitrogen and oxygen atoms in total. The minimum atomic E-state index is -3.50. The third kappa shape index (κ3) is 2.91. The van der Waals surface area contributed by atoms with Crippen LogP contribution in [-0.4, -0.2) is 44.5 Å². The summed E-state index contributed by atoms with van der Waals surface area (Å²) in [6.45, 7) is 1.92. The molecular formula is C20H23N5O3S. The molecule has 0 amide bonds. The van der Waals surface area contributed by atoms with Crippen molar-refractivity contribution >= 4 is 21.3 Å². The summed E-state index contributed by atoms with van der Waals surface area (Å²) in [5.74, 6) is 0.342. The Morgan fingerprint density at radius 2 is 1.97 bits per heavy atom. The van der Waals surface area contributed by atoms with Crippen LogP contribution in [0.2, 0.25) is 0 Å². The van der Waals surface area contributed by atoms with E-state index in [1.807, 2.05) is 13.0 Å². The molecule has 2 aliphatic carbocycles. The summed E-state index contributed by atoms with van der Waals surface area (Å²) in [7, 11) is -3.50. The Balaban J connectivity index is 1.55. The zero-order valence-corrected chi connectivity index (χ0v) is 17.0. The van der Waals surface area contributed by atoms with Crippen LogP contribution in [0.4, 0.5) is 5.82 Å². The molecule has 2 fully saturated rings. The molecule has 9 heteroatoms. The number of rotatable bonds is 4. The number of anilines is 1. The molecule has 1 aromatic carbocycles. The van der Waals surface area contributed by atoms with Gasteiger partial charge in [-0.1, -0.05) is 6.07 Å². The molecule has 0 atom stereocenters. The Hall–Kier alpha value is -2.52. The van der Waals surface area contributed by atoms with Crippen molar-refractivity contribution in [2.24, 2.45) is 5.41 Å². The van der Waals surface area contributed by atoms with E-state index >= 15 is 0 Å². The number of nitrogen functional groups attached to an aromatic ring is 1. The van der Waals surface area contributed by atoms with Gasteiger partial charge in [0.25, 0.3) is 0 Å². The lowest BCUT2D eigenvalue weighted by Gasteiger charge is -2.26. The van der Waals surface area contributed by atoms with E-state index in [0.29, 0.717) is 30.6 Å². The molecule has 3 N–H and O–H groups in total. The number of nitrogens with two attached hydrogens (primary N) is 1. The van der Waals surface area contributed by atoms with E-state index < -0.39 is 15.4 Å². The minimum Gasteiger partial charge on any atom is -0.390 e. The minimum absolute atomic E-state index is 0.0765. The highest BCUT2D eigenvalue weighted by atomic mass is 32.2. The van der Waals surface area contributed by atoms with Crippen LogP contribution in [-0.2, 0) is 9.84 Å². The fourth-order valence-corrected chi connectivity index (χ4v) is 7.00. The number of aliphatic hydroxyl groups is 1. The van der Waals surface area contributed by atoms with Gasteiger partial charge in [-0.3, -0.25) is 0 Å². The summed E-state index contributed by atoms with van der Waals surface area (Å²) in [5, 5.41) is 14.7. The molecule has 2 heterocycles. The lowest BCUT2D eigenvalue weighted by Crippen LogP contribution is -2.26. The molecular weight excluding hydrogens is 390 g/mol. The number of hydrogen-bond donors (Lipinski definition) is 2. The first kappa shape index (κ1) is 18.5. The topological polar surface area (TPSA) is 123 Å². The number of fused-ring (bicyclic) bond motifs is 3. The predicted molar refractivity (Wildman–Crippen MR) is 108 cm³/mol. The van der Waals surface area contributed by atoms with Crippen molar-refractivity contribution in [3.05, 3.63) is 36.3 Å². The average Bonchev–Trinajstić information content (AvgIpc) is 3.32. The van der Waals surface area contributed by atoms with Crippen LogP contribution in [0.15, 0.2) is 35.6 Å². The van der Waals surface area contributed by atoms with Gasteiger partial charge in [0.1, 0.15) is 6.33 Å². The average molecular weight is 414 g/mol. The second-order valence-corrected chi connectivity index (χ2v) is 10.7. The molecule has 0 radical (unpaired) electrons. The third-order valence-corrected chi connectivity index (χ3v) is 8.58. The monoisotopic (exact) mass is 413 g/mol. The lowest BCUT2D eigenvalue weighted by atomic mass is 9.86. The van der Waals surface area contributed by atoms with E-state index in [4.69, 9.17) is 5.73 Å². The van der Waals surface area contributed by atoms with Crippen LogP contribution in [0.1, 0.15) is 37.7 Å². The standard InChI is InChI=1S/C20H23N5O3S/c1-13-2-3-14(29(27,28)11-19-4-6-20(26,10-19)7-5-19)8-15(13)16-9-22-18-17(21)23-12-24-25(16)18/h2-3,8-9,12,26H,4-7,10-11H2,1H3,(H2,21,23,24). The smallest absolute Gasteiger partial charge is 0.197 e. The number of nitrogens with zero attached hydrogens (tertiary/aromatic N) is 4. The molecule has 2 saturated carbocycles. The molecule has 5 rings (SSSR count). The van der Waals surface area contributed by atoms with E-state index in [1.54, 1.807) is 22.8 Å². The van der Waals surface area contributed by atoms with E-state index in [1.165, 1.54) is 6.33 Å². The predicted octanol–water partition coefficient (Wildman–Crippen LogP) is 2.15. The normalized spacial score (nSPS) is 26.4. The maximum atomic E-state index is 13.3. The van der Waals surface area contributed by atoms with Crippen molar-refractivity contribution in [1.82, 2.24) is 19.6 Å². The van der Waals surface area contributed by atoms with Crippen LogP contribution < -0.4 is 5.73 Å². The lowest BCUT2D eigenvalue weighted by molar-refractivity contribution is 0.0521. The Morgan fingerprint density at radius 3 is 2.66 bits per heavy atom. The number of benzene rings is 1. The molecule has 29 heavy (non-hydrogen) atoms. The SMILES string of the molecule is Cc1ccc(S(=O)(=O)CC23CCC(O)(CC2)C3)cc1-c1cnc2c(N)ncnn12. The fraction of sp³-hybridized carbons (Fsp3) is 0.450. The van der Waals surface area contributed by atoms with Crippen molar-refractivity contribution in [2.45, 2.75) is 49.5 Å². The number of hydrogen-bond acceptors (Lipinski definition) is 7. The first-order valence-corrected chi connectivity index (χ1v) is 11.4. The second-order valence-electron chi connectivity index (χ2n) is 8.66. The van der Waals surface area contributed by atoms with Gasteiger partial charge in [-0.05, 0) is 62.1 Å². The van der Waals surface area contributed by atoms with Crippen molar-refractivity contribution in [3.63, 3.8) is 0 Å². The fourth-order valence-electron chi connectivity index (χ4n) is 5.07. The maximum Gasteiger partial charge on any atom is 0.197 e. The van der Waals surface area contributed by atoms with Crippen molar-refractivity contribution in [3.8, 4) is 11.3 Å². The van der Waals surface area contributed by atoms with Gasteiger partial charge < -0.3 is 10.8 Å². The van der Waals surface area contributed by atoms with Crippen LogP contribution in [0.5, 0.6) is 0 Å². The summed E-state index contributed by atoms with van der Waals surface area (Å²) in [6, 6.07) is 5.16. The molecule has 0 saturated heterocycles. The van der Waals surface area contributed by atoms with Crippen molar-refractivity contribution < 1.29 is 13.5 Å². The quantitative estimate of drug-likeness (QED) is 0.671. The third-order valence-electron chi connectivity index (χ3n) is 6.62. The molecule has 2 aliphatic rings. The Labute approximate surface area is 168 Å². The van der Waals surface area contributed by atoms with E-state index in [0.717, 1.165) is 24.0 Å². The number of aryl methyl sites for hydroxylation is 1. The highest BCUT2D eigenvalue weighted by molar-refractivity contribution is 7.91. The molecule has 0 unspecified atom stereocenters. The highest BCUT2D eigenvalue weighted by Crippen LogP contribution is 2.57. The molecule has 0 aliphatic heterocycles. The van der Waals surface area contributed by atoms with Crippen LogP contribution in [0.3, 0.4) is 0 Å². The summed E-state index contributed by atoms with van der Waals surface area (Å²) in [4.78, 5) is 8.51. The highest BCUT2D eigenvalue weighted by Gasteiger charge is 2.54. The Bertz CT molecular complexity index is 1230. The molecule has 0 spiro atoms. The van der Waals surface area contributed by atoms with Gasteiger partial charge in [0, 0.05) is 5.56 Å². The second kappa shape index (κ2) is 5.99. The van der Waals surface area contributed by atoms with Crippen LogP contribution in [0, 0.1) is 12.3 Å². The van der Waals surface area contributed by atoms with Gasteiger partial charge in [0.05, 0.1) is 28.1 Å². The summed E-state index contributed by atoms with van der Waals surface area (Å²) in [5.41, 5.74) is 7.66. The zero-order valence-electron chi connectivity index (χ0n) is 16.2. The van der Waals surface area contributed by atoms with Crippen LogP contribution >= 0.6 is 0 Å². The molecule has 2 aromatic heterocycles. The largest absolute Gasteiger partial charge is 0.390 e. The Morgan fingerprint density at radius 1 is 1.21 bits per heavy atom. The molecule has 2 bridgehead atoms. The van der Waals surface area contributed by atoms with E-state index in [9.17, 15) is 13.5 Å². The number of sulfone groups is 1. The van der Waals surface area contributed by atoms with E-state index in [2.05, 4.69) is 15.1 Å². The first-order valence-electron chi connectivity index (χ1n) is 9.71. The number of imidazole rings is 1. The molecule has 152 valence electrons. The first-order chi connectivity index (χ1) is 13.7. The van der Waals surface area contributed by atoms with Crippen molar-refractivity contribution in [1.29, 1.82) is 0 Å².